The number of benzene rings is 1. The largest absolute Gasteiger partial charge is 0.348 e. The van der Waals surface area contributed by atoms with Crippen LogP contribution in [0.2, 0.25) is 5.02 Å². The molecule has 0 aromatic heterocycles. The van der Waals surface area contributed by atoms with Gasteiger partial charge in [-0.2, -0.15) is 0 Å². The van der Waals surface area contributed by atoms with E-state index in [0.29, 0.717) is 17.4 Å². The molecule has 1 rings (SSSR count). The Labute approximate surface area is 126 Å². The van der Waals surface area contributed by atoms with E-state index in [2.05, 4.69) is 5.32 Å². The molecule has 0 saturated carbocycles. The first-order chi connectivity index (χ1) is 8.40. The summed E-state index contributed by atoms with van der Waals surface area (Å²) in [5, 5.41) is 3.57. The van der Waals surface area contributed by atoms with Crippen molar-refractivity contribution in [3.63, 3.8) is 0 Å². The SMILES string of the molecule is CC(C)C[C@H](N)C(=O)NC(C)c1cccc(Cl)c1.Cl. The van der Waals surface area contributed by atoms with E-state index in [0.717, 1.165) is 5.56 Å². The van der Waals surface area contributed by atoms with Crippen molar-refractivity contribution in [3.8, 4) is 0 Å². The Hall–Kier alpha value is -0.770. The van der Waals surface area contributed by atoms with Crippen LogP contribution in [0.15, 0.2) is 24.3 Å². The Kier molecular flexibility index (Phi) is 8.07. The van der Waals surface area contributed by atoms with Gasteiger partial charge < -0.3 is 11.1 Å². The lowest BCUT2D eigenvalue weighted by molar-refractivity contribution is -0.123. The van der Waals surface area contributed by atoms with E-state index in [1.807, 2.05) is 45.0 Å². The Morgan fingerprint density at radius 3 is 2.53 bits per heavy atom. The maximum Gasteiger partial charge on any atom is 0.237 e. The van der Waals surface area contributed by atoms with Crippen LogP contribution in [0, 0.1) is 5.92 Å². The van der Waals surface area contributed by atoms with Crippen molar-refractivity contribution >= 4 is 29.9 Å². The molecule has 0 saturated heterocycles. The summed E-state index contributed by atoms with van der Waals surface area (Å²) in [7, 11) is 0. The van der Waals surface area contributed by atoms with Crippen molar-refractivity contribution in [2.75, 3.05) is 0 Å². The molecule has 1 unspecified atom stereocenters. The van der Waals surface area contributed by atoms with E-state index in [4.69, 9.17) is 17.3 Å². The molecule has 0 heterocycles. The fraction of sp³-hybridized carbons (Fsp3) is 0.500. The summed E-state index contributed by atoms with van der Waals surface area (Å²) >= 11 is 5.92. The molecule has 1 aromatic rings. The molecule has 3 nitrogen and oxygen atoms in total. The van der Waals surface area contributed by atoms with Gasteiger partial charge in [-0.1, -0.05) is 37.6 Å². The number of rotatable bonds is 5. The second-order valence-electron chi connectivity index (χ2n) is 5.02. The molecule has 0 radical (unpaired) electrons. The second-order valence-corrected chi connectivity index (χ2v) is 5.46. The van der Waals surface area contributed by atoms with Crippen molar-refractivity contribution < 1.29 is 4.79 Å². The van der Waals surface area contributed by atoms with E-state index in [-0.39, 0.29) is 24.4 Å². The fourth-order valence-corrected chi connectivity index (χ4v) is 1.99. The highest BCUT2D eigenvalue weighted by molar-refractivity contribution is 6.30. The van der Waals surface area contributed by atoms with Gasteiger partial charge >= 0.3 is 0 Å². The van der Waals surface area contributed by atoms with E-state index in [1.165, 1.54) is 0 Å². The monoisotopic (exact) mass is 304 g/mol. The molecule has 1 aromatic carbocycles. The minimum atomic E-state index is -0.452. The lowest BCUT2D eigenvalue weighted by Crippen LogP contribution is -2.42. The van der Waals surface area contributed by atoms with Crippen molar-refractivity contribution in [1.82, 2.24) is 5.32 Å². The quantitative estimate of drug-likeness (QED) is 0.877. The molecule has 0 aliphatic heterocycles. The highest BCUT2D eigenvalue weighted by Crippen LogP contribution is 2.17. The third-order valence-electron chi connectivity index (χ3n) is 2.77. The highest BCUT2D eigenvalue weighted by atomic mass is 35.5. The summed E-state index contributed by atoms with van der Waals surface area (Å²) in [5.41, 5.74) is 6.82. The number of nitrogens with two attached hydrogens (primary N) is 1. The van der Waals surface area contributed by atoms with Crippen LogP contribution in [-0.2, 0) is 4.79 Å². The average Bonchev–Trinajstić information content (AvgIpc) is 2.27. The van der Waals surface area contributed by atoms with Gasteiger partial charge in [0.2, 0.25) is 5.91 Å². The topological polar surface area (TPSA) is 55.1 Å². The number of hydrogen-bond acceptors (Lipinski definition) is 2. The standard InChI is InChI=1S/C14H21ClN2O.ClH/c1-9(2)7-13(16)14(18)17-10(3)11-5-4-6-12(15)8-11;/h4-6,8-10,13H,7,16H2,1-3H3,(H,17,18);1H/t10?,13-;/m0./s1. The molecule has 0 aliphatic rings. The van der Waals surface area contributed by atoms with Crippen molar-refractivity contribution in [1.29, 1.82) is 0 Å². The number of halogens is 2. The van der Waals surface area contributed by atoms with Gasteiger partial charge in [0.05, 0.1) is 12.1 Å². The molecule has 5 heteroatoms. The Morgan fingerprint density at radius 1 is 1.37 bits per heavy atom. The third-order valence-corrected chi connectivity index (χ3v) is 3.00. The molecule has 0 bridgehead atoms. The predicted molar refractivity (Wildman–Crippen MR) is 82.7 cm³/mol. The van der Waals surface area contributed by atoms with Gasteiger partial charge in [0.1, 0.15) is 0 Å². The Morgan fingerprint density at radius 2 is 2.00 bits per heavy atom. The number of carbonyl (C=O) groups is 1. The van der Waals surface area contributed by atoms with E-state index < -0.39 is 6.04 Å². The molecule has 2 atom stereocenters. The Bertz CT molecular complexity index is 410. The first kappa shape index (κ1) is 18.2. The average molecular weight is 305 g/mol. The van der Waals surface area contributed by atoms with Crippen LogP contribution in [0.3, 0.4) is 0 Å². The van der Waals surface area contributed by atoms with Gasteiger partial charge in [0.25, 0.3) is 0 Å². The summed E-state index contributed by atoms with van der Waals surface area (Å²) in [4.78, 5) is 11.9. The summed E-state index contributed by atoms with van der Waals surface area (Å²) in [6, 6.07) is 6.92. The predicted octanol–water partition coefficient (Wildman–Crippen LogP) is 3.31. The molecule has 19 heavy (non-hydrogen) atoms. The van der Waals surface area contributed by atoms with Gasteiger partial charge in [-0.3, -0.25) is 4.79 Å². The zero-order valence-corrected chi connectivity index (χ0v) is 13.1. The van der Waals surface area contributed by atoms with Gasteiger partial charge in [0.15, 0.2) is 0 Å². The maximum atomic E-state index is 11.9. The van der Waals surface area contributed by atoms with Crippen molar-refractivity contribution in [2.24, 2.45) is 11.7 Å². The second kappa shape index (κ2) is 8.41. The lowest BCUT2D eigenvalue weighted by Gasteiger charge is -2.19. The van der Waals surface area contributed by atoms with E-state index in [9.17, 15) is 4.79 Å². The third kappa shape index (κ3) is 6.28. The molecule has 108 valence electrons. The number of amides is 1. The number of hydrogen-bond donors (Lipinski definition) is 2. The van der Waals surface area contributed by atoms with Crippen LogP contribution in [0.4, 0.5) is 0 Å². The maximum absolute atomic E-state index is 11.9. The Balaban J connectivity index is 0.00000324. The minimum absolute atomic E-state index is 0. The minimum Gasteiger partial charge on any atom is -0.348 e. The van der Waals surface area contributed by atoms with Crippen molar-refractivity contribution in [3.05, 3.63) is 34.9 Å². The molecular weight excluding hydrogens is 283 g/mol. The summed E-state index contributed by atoms with van der Waals surface area (Å²) in [5.74, 6) is 0.295. The van der Waals surface area contributed by atoms with Crippen molar-refractivity contribution in [2.45, 2.75) is 39.3 Å². The molecule has 1 amide bonds. The lowest BCUT2D eigenvalue weighted by atomic mass is 10.0. The van der Waals surface area contributed by atoms with Crippen LogP contribution in [0.5, 0.6) is 0 Å². The van der Waals surface area contributed by atoms with Gasteiger partial charge in [-0.15, -0.1) is 12.4 Å². The van der Waals surface area contributed by atoms with Gasteiger partial charge in [0, 0.05) is 5.02 Å². The van der Waals surface area contributed by atoms with E-state index in [1.54, 1.807) is 0 Å². The van der Waals surface area contributed by atoms with Gasteiger partial charge in [-0.25, -0.2) is 0 Å². The highest BCUT2D eigenvalue weighted by Gasteiger charge is 2.17. The number of carbonyl (C=O) groups excluding carboxylic acids is 1. The summed E-state index contributed by atoms with van der Waals surface area (Å²) in [6.45, 7) is 6.02. The zero-order chi connectivity index (χ0) is 13.7. The zero-order valence-electron chi connectivity index (χ0n) is 11.5. The first-order valence-corrected chi connectivity index (χ1v) is 6.59. The summed E-state index contributed by atoms with van der Waals surface area (Å²) in [6.07, 6.45) is 0.689. The van der Waals surface area contributed by atoms with Crippen LogP contribution >= 0.6 is 24.0 Å². The van der Waals surface area contributed by atoms with E-state index >= 15 is 0 Å². The molecule has 0 fully saturated rings. The van der Waals surface area contributed by atoms with Crippen LogP contribution in [0.25, 0.3) is 0 Å². The smallest absolute Gasteiger partial charge is 0.237 e. The fourth-order valence-electron chi connectivity index (χ4n) is 1.79. The molecule has 0 aliphatic carbocycles. The normalized spacial score (nSPS) is 13.6. The van der Waals surface area contributed by atoms with Crippen LogP contribution in [0.1, 0.15) is 38.8 Å². The van der Waals surface area contributed by atoms with Gasteiger partial charge in [-0.05, 0) is 37.0 Å². The first-order valence-electron chi connectivity index (χ1n) is 6.21. The summed E-state index contributed by atoms with van der Waals surface area (Å²) < 4.78 is 0. The van der Waals surface area contributed by atoms with Crippen LogP contribution in [-0.4, -0.2) is 11.9 Å². The molecule has 3 N–H and O–H groups in total. The molecular formula is C14H22Cl2N2O. The van der Waals surface area contributed by atoms with Crippen LogP contribution < -0.4 is 11.1 Å². The molecule has 0 spiro atoms. The number of nitrogens with one attached hydrogen (secondary N) is 1.